The van der Waals surface area contributed by atoms with E-state index in [1.54, 1.807) is 0 Å². The van der Waals surface area contributed by atoms with Crippen LogP contribution in [0.4, 0.5) is 5.69 Å². The summed E-state index contributed by atoms with van der Waals surface area (Å²) in [6.07, 6.45) is 0. The Kier molecular flexibility index (Phi) is 9.37. The Morgan fingerprint density at radius 3 is 2.52 bits per heavy atom. The molecule has 120 valence electrons. The largest absolute Gasteiger partial charge is 0.398 e. The van der Waals surface area contributed by atoms with Crippen LogP contribution in [0.3, 0.4) is 0 Å². The number of amides is 1. The number of nitrogen functional groups attached to an aromatic ring is 1. The van der Waals surface area contributed by atoms with Crippen LogP contribution >= 0.6 is 24.0 Å². The summed E-state index contributed by atoms with van der Waals surface area (Å²) in [4.78, 5) is 14.3. The number of anilines is 1. The maximum absolute atomic E-state index is 12.1. The van der Waals surface area contributed by atoms with E-state index >= 15 is 0 Å². The van der Waals surface area contributed by atoms with Gasteiger partial charge in [0.1, 0.15) is 0 Å². The van der Waals surface area contributed by atoms with Gasteiger partial charge in [-0.25, -0.2) is 0 Å². The summed E-state index contributed by atoms with van der Waals surface area (Å²) in [5.74, 6) is -0.247. The average molecular weight is 336 g/mol. The zero-order valence-electron chi connectivity index (χ0n) is 12.4. The number of aliphatic hydroxyl groups is 1. The Labute approximate surface area is 136 Å². The van der Waals surface area contributed by atoms with Crippen molar-refractivity contribution >= 4 is 35.6 Å². The lowest BCUT2D eigenvalue weighted by Crippen LogP contribution is -2.35. The van der Waals surface area contributed by atoms with Crippen LogP contribution in [-0.2, 0) is 6.61 Å². The topological polar surface area (TPSA) is 78.6 Å². The van der Waals surface area contributed by atoms with Gasteiger partial charge in [0.25, 0.3) is 5.91 Å². The molecule has 0 atom stereocenters. The van der Waals surface area contributed by atoms with Gasteiger partial charge in [0.15, 0.2) is 0 Å². The van der Waals surface area contributed by atoms with E-state index < -0.39 is 0 Å². The molecule has 0 aromatic heterocycles. The van der Waals surface area contributed by atoms with Gasteiger partial charge >= 0.3 is 0 Å². The number of aliphatic hydroxyl groups excluding tert-OH is 1. The highest BCUT2D eigenvalue weighted by molar-refractivity contribution is 6.33. The molecular weight excluding hydrogens is 313 g/mol. The van der Waals surface area contributed by atoms with E-state index in [2.05, 4.69) is 24.1 Å². The number of carbonyl (C=O) groups is 1. The quantitative estimate of drug-likeness (QED) is 0.665. The normalized spacial score (nSPS) is 10.3. The zero-order valence-corrected chi connectivity index (χ0v) is 13.9. The molecule has 21 heavy (non-hydrogen) atoms. The molecule has 0 aliphatic rings. The molecule has 1 aromatic rings. The predicted molar refractivity (Wildman–Crippen MR) is 89.2 cm³/mol. The van der Waals surface area contributed by atoms with E-state index in [0.29, 0.717) is 28.4 Å². The van der Waals surface area contributed by atoms with Crippen LogP contribution in [0.15, 0.2) is 12.1 Å². The third kappa shape index (κ3) is 5.71. The molecule has 0 fully saturated rings. The molecule has 5 nitrogen and oxygen atoms in total. The van der Waals surface area contributed by atoms with Crippen LogP contribution in [0.5, 0.6) is 0 Å². The number of likely N-dealkylation sites (N-methyl/N-ethyl adjacent to an activating group) is 1. The third-order valence-electron chi connectivity index (χ3n) is 3.25. The Morgan fingerprint density at radius 2 is 2.00 bits per heavy atom. The second-order valence-electron chi connectivity index (χ2n) is 4.47. The summed E-state index contributed by atoms with van der Waals surface area (Å²) in [6.45, 7) is 7.14. The molecule has 0 unspecified atom stereocenters. The summed E-state index contributed by atoms with van der Waals surface area (Å²) in [7, 11) is 0. The van der Waals surface area contributed by atoms with Crippen LogP contribution in [-0.4, -0.2) is 42.1 Å². The van der Waals surface area contributed by atoms with E-state index in [9.17, 15) is 9.90 Å². The third-order valence-corrected chi connectivity index (χ3v) is 3.57. The van der Waals surface area contributed by atoms with Gasteiger partial charge in [-0.15, -0.1) is 12.4 Å². The molecule has 0 aliphatic heterocycles. The number of rotatable bonds is 7. The van der Waals surface area contributed by atoms with Crippen molar-refractivity contribution in [2.45, 2.75) is 20.5 Å². The Balaban J connectivity index is 0.00000400. The maximum atomic E-state index is 12.1. The Bertz CT molecular complexity index is 466. The zero-order chi connectivity index (χ0) is 15.1. The van der Waals surface area contributed by atoms with E-state index in [-0.39, 0.29) is 24.9 Å². The minimum absolute atomic E-state index is 0. The highest BCUT2D eigenvalue weighted by Gasteiger charge is 2.13. The highest BCUT2D eigenvalue weighted by Crippen LogP contribution is 2.23. The number of nitrogens with zero attached hydrogens (tertiary/aromatic N) is 1. The van der Waals surface area contributed by atoms with Crippen molar-refractivity contribution < 1.29 is 9.90 Å². The van der Waals surface area contributed by atoms with E-state index in [0.717, 1.165) is 19.6 Å². The summed E-state index contributed by atoms with van der Waals surface area (Å²) < 4.78 is 0. The van der Waals surface area contributed by atoms with Crippen LogP contribution in [0.25, 0.3) is 0 Å². The SMILES string of the molecule is CCN(CC)CCNC(=O)c1cc(Cl)c(N)cc1CO.Cl. The molecule has 0 bridgehead atoms. The maximum Gasteiger partial charge on any atom is 0.251 e. The van der Waals surface area contributed by atoms with Crippen molar-refractivity contribution in [2.24, 2.45) is 0 Å². The van der Waals surface area contributed by atoms with Crippen molar-refractivity contribution in [2.75, 3.05) is 31.9 Å². The molecule has 1 aromatic carbocycles. The van der Waals surface area contributed by atoms with Gasteiger partial charge in [-0.05, 0) is 30.8 Å². The second kappa shape index (κ2) is 9.84. The fourth-order valence-electron chi connectivity index (χ4n) is 1.94. The van der Waals surface area contributed by atoms with E-state index in [1.807, 2.05) is 0 Å². The molecular formula is C14H23Cl2N3O2. The van der Waals surface area contributed by atoms with Gasteiger partial charge in [-0.1, -0.05) is 25.4 Å². The molecule has 4 N–H and O–H groups in total. The van der Waals surface area contributed by atoms with Crippen molar-refractivity contribution in [3.63, 3.8) is 0 Å². The number of benzene rings is 1. The predicted octanol–water partition coefficient (Wildman–Crippen LogP) is 1.91. The average Bonchev–Trinajstić information content (AvgIpc) is 2.45. The van der Waals surface area contributed by atoms with Crippen molar-refractivity contribution in [1.82, 2.24) is 10.2 Å². The van der Waals surface area contributed by atoms with Crippen molar-refractivity contribution in [3.05, 3.63) is 28.3 Å². The highest BCUT2D eigenvalue weighted by atomic mass is 35.5. The van der Waals surface area contributed by atoms with Crippen LogP contribution in [0.1, 0.15) is 29.8 Å². The summed E-state index contributed by atoms with van der Waals surface area (Å²) in [6, 6.07) is 3.02. The summed E-state index contributed by atoms with van der Waals surface area (Å²) >= 11 is 5.92. The van der Waals surface area contributed by atoms with Gasteiger partial charge in [0.2, 0.25) is 0 Å². The fourth-order valence-corrected chi connectivity index (χ4v) is 2.11. The number of nitrogens with one attached hydrogen (secondary N) is 1. The first-order valence-electron chi connectivity index (χ1n) is 6.72. The first-order chi connectivity index (χ1) is 9.53. The number of carbonyl (C=O) groups excluding carboxylic acids is 1. The van der Waals surface area contributed by atoms with E-state index in [4.69, 9.17) is 17.3 Å². The number of hydrogen-bond acceptors (Lipinski definition) is 4. The fraction of sp³-hybridized carbons (Fsp3) is 0.500. The molecule has 7 heteroatoms. The van der Waals surface area contributed by atoms with Crippen LogP contribution in [0.2, 0.25) is 5.02 Å². The molecule has 0 saturated heterocycles. The molecule has 0 spiro atoms. The molecule has 1 amide bonds. The summed E-state index contributed by atoms with van der Waals surface area (Å²) in [5.41, 5.74) is 6.86. The molecule has 0 heterocycles. The lowest BCUT2D eigenvalue weighted by Gasteiger charge is -2.18. The molecule has 0 radical (unpaired) electrons. The lowest BCUT2D eigenvalue weighted by molar-refractivity contribution is 0.0946. The molecule has 0 saturated carbocycles. The van der Waals surface area contributed by atoms with E-state index in [1.165, 1.54) is 12.1 Å². The lowest BCUT2D eigenvalue weighted by atomic mass is 10.1. The number of hydrogen-bond donors (Lipinski definition) is 3. The smallest absolute Gasteiger partial charge is 0.251 e. The molecule has 1 rings (SSSR count). The molecule has 0 aliphatic carbocycles. The Morgan fingerprint density at radius 1 is 1.38 bits per heavy atom. The van der Waals surface area contributed by atoms with Gasteiger partial charge in [0.05, 0.1) is 17.3 Å². The van der Waals surface area contributed by atoms with Crippen LogP contribution < -0.4 is 11.1 Å². The second-order valence-corrected chi connectivity index (χ2v) is 4.88. The Hall–Kier alpha value is -1.01. The van der Waals surface area contributed by atoms with Gasteiger partial charge in [-0.3, -0.25) is 4.79 Å². The van der Waals surface area contributed by atoms with Gasteiger partial charge in [0, 0.05) is 18.7 Å². The first-order valence-corrected chi connectivity index (χ1v) is 7.10. The minimum atomic E-state index is -0.250. The van der Waals surface area contributed by atoms with Crippen molar-refractivity contribution in [3.8, 4) is 0 Å². The van der Waals surface area contributed by atoms with Crippen LogP contribution in [0, 0.1) is 0 Å². The van der Waals surface area contributed by atoms with Crippen molar-refractivity contribution in [1.29, 1.82) is 0 Å². The van der Waals surface area contributed by atoms with Gasteiger partial charge < -0.3 is 21.1 Å². The number of nitrogens with two attached hydrogens (primary N) is 1. The standard InChI is InChI=1S/C14H22ClN3O2.ClH/c1-3-18(4-2)6-5-17-14(20)11-8-12(15)13(16)7-10(11)9-19;/h7-8,19H,3-6,9,16H2,1-2H3,(H,17,20);1H. The number of halogens is 2. The minimum Gasteiger partial charge on any atom is -0.398 e. The monoisotopic (exact) mass is 335 g/mol. The summed E-state index contributed by atoms with van der Waals surface area (Å²) in [5, 5.41) is 12.4. The van der Waals surface area contributed by atoms with Gasteiger partial charge in [-0.2, -0.15) is 0 Å². The first kappa shape index (κ1) is 20.0.